The molecule has 0 bridgehead atoms. The molecule has 0 aliphatic heterocycles. The summed E-state index contributed by atoms with van der Waals surface area (Å²) in [4.78, 5) is 11.5. The molecule has 1 aromatic rings. The smallest absolute Gasteiger partial charge is 0.255 e. The number of hydrogen-bond acceptors (Lipinski definition) is 5. The summed E-state index contributed by atoms with van der Waals surface area (Å²) in [6.45, 7) is 6.07. The molecule has 0 aromatic carbocycles. The number of amides is 1. The Morgan fingerprint density at radius 1 is 1.53 bits per heavy atom. The van der Waals surface area contributed by atoms with Crippen LogP contribution in [0.4, 0.5) is 5.13 Å². The Bertz CT molecular complexity index is 327. The summed E-state index contributed by atoms with van der Waals surface area (Å²) in [5.74, 6) is -0.185. The van der Waals surface area contributed by atoms with Crippen LogP contribution < -0.4 is 5.32 Å². The number of aryl methyl sites for hydroxylation is 1. The van der Waals surface area contributed by atoms with E-state index in [9.17, 15) is 4.79 Å². The Morgan fingerprint density at radius 3 is 2.80 bits per heavy atom. The number of ether oxygens (including phenoxy) is 1. The molecular weight excluding hydrogens is 214 g/mol. The van der Waals surface area contributed by atoms with Crippen molar-refractivity contribution in [1.29, 1.82) is 0 Å². The lowest BCUT2D eigenvalue weighted by atomic mass is 10.4. The van der Waals surface area contributed by atoms with Crippen LogP contribution in [-0.4, -0.2) is 28.8 Å². The Labute approximate surface area is 92.9 Å². The molecule has 84 valence electrons. The Morgan fingerprint density at radius 2 is 2.27 bits per heavy atom. The van der Waals surface area contributed by atoms with E-state index in [-0.39, 0.29) is 5.91 Å². The number of carbonyl (C=O) groups excluding carboxylic acids is 1. The van der Waals surface area contributed by atoms with Crippen molar-refractivity contribution in [3.05, 3.63) is 5.01 Å². The number of aromatic nitrogens is 2. The van der Waals surface area contributed by atoms with E-state index in [0.717, 1.165) is 11.4 Å². The highest BCUT2D eigenvalue weighted by Crippen LogP contribution is 2.15. The zero-order valence-corrected chi connectivity index (χ0v) is 9.93. The van der Waals surface area contributed by atoms with Crippen molar-refractivity contribution in [1.82, 2.24) is 10.2 Å². The maximum atomic E-state index is 11.5. The van der Waals surface area contributed by atoms with Crippen molar-refractivity contribution in [2.45, 2.75) is 33.3 Å². The van der Waals surface area contributed by atoms with Crippen molar-refractivity contribution < 1.29 is 9.53 Å². The third-order valence-electron chi connectivity index (χ3n) is 1.79. The average molecular weight is 229 g/mol. The monoisotopic (exact) mass is 229 g/mol. The minimum absolute atomic E-state index is 0.185. The van der Waals surface area contributed by atoms with Gasteiger partial charge in [-0.05, 0) is 20.3 Å². The molecule has 1 heterocycles. The molecule has 0 fully saturated rings. The zero-order chi connectivity index (χ0) is 11.3. The zero-order valence-electron chi connectivity index (χ0n) is 9.11. The summed E-state index contributed by atoms with van der Waals surface area (Å²) in [7, 11) is 0. The molecule has 5 nitrogen and oxygen atoms in total. The van der Waals surface area contributed by atoms with Crippen LogP contribution in [0.3, 0.4) is 0 Å². The summed E-state index contributed by atoms with van der Waals surface area (Å²) < 4.78 is 5.15. The number of hydrogen-bond donors (Lipinski definition) is 1. The predicted molar refractivity (Wildman–Crippen MR) is 59.0 cm³/mol. The maximum absolute atomic E-state index is 11.5. The summed E-state index contributed by atoms with van der Waals surface area (Å²) >= 11 is 1.39. The van der Waals surface area contributed by atoms with Gasteiger partial charge in [0.1, 0.15) is 11.1 Å². The van der Waals surface area contributed by atoms with Crippen LogP contribution in [0.25, 0.3) is 0 Å². The SMILES string of the molecule is CCOC(C)C(=O)Nc1nnc(CC)s1. The van der Waals surface area contributed by atoms with E-state index in [0.29, 0.717) is 11.7 Å². The first-order valence-electron chi connectivity index (χ1n) is 4.92. The first-order chi connectivity index (χ1) is 7.17. The molecule has 0 radical (unpaired) electrons. The predicted octanol–water partition coefficient (Wildman–Crippen LogP) is 1.46. The van der Waals surface area contributed by atoms with Crippen LogP contribution in [0.1, 0.15) is 25.8 Å². The molecule has 15 heavy (non-hydrogen) atoms. The number of anilines is 1. The molecule has 1 rings (SSSR count). The number of nitrogens with one attached hydrogen (secondary N) is 1. The standard InChI is InChI=1S/C9H15N3O2S/c1-4-7-11-12-9(15-7)10-8(13)6(3)14-5-2/h6H,4-5H2,1-3H3,(H,10,12,13). The molecule has 0 spiro atoms. The lowest BCUT2D eigenvalue weighted by Gasteiger charge is -2.09. The van der Waals surface area contributed by atoms with Gasteiger partial charge in [0.25, 0.3) is 5.91 Å². The van der Waals surface area contributed by atoms with Crippen LogP contribution in [0.2, 0.25) is 0 Å². The van der Waals surface area contributed by atoms with E-state index in [2.05, 4.69) is 15.5 Å². The first kappa shape index (κ1) is 12.1. The van der Waals surface area contributed by atoms with Gasteiger partial charge < -0.3 is 4.74 Å². The van der Waals surface area contributed by atoms with Crippen LogP contribution in [0, 0.1) is 0 Å². The Balaban J connectivity index is 2.50. The lowest BCUT2D eigenvalue weighted by molar-refractivity contribution is -0.126. The van der Waals surface area contributed by atoms with Gasteiger partial charge in [0, 0.05) is 6.61 Å². The Hall–Kier alpha value is -1.01. The van der Waals surface area contributed by atoms with Crippen molar-refractivity contribution in [2.75, 3.05) is 11.9 Å². The van der Waals surface area contributed by atoms with E-state index in [1.807, 2.05) is 13.8 Å². The van der Waals surface area contributed by atoms with Crippen molar-refractivity contribution in [3.8, 4) is 0 Å². The quantitative estimate of drug-likeness (QED) is 0.830. The van der Waals surface area contributed by atoms with Gasteiger partial charge in [-0.3, -0.25) is 10.1 Å². The fourth-order valence-corrected chi connectivity index (χ4v) is 1.66. The largest absolute Gasteiger partial charge is 0.369 e. The molecule has 0 aliphatic rings. The summed E-state index contributed by atoms with van der Waals surface area (Å²) in [5, 5.41) is 11.9. The van der Waals surface area contributed by atoms with Crippen molar-refractivity contribution >= 4 is 22.4 Å². The second-order valence-electron chi connectivity index (χ2n) is 2.94. The number of carbonyl (C=O) groups is 1. The molecule has 0 aliphatic carbocycles. The molecule has 1 amide bonds. The first-order valence-corrected chi connectivity index (χ1v) is 5.73. The maximum Gasteiger partial charge on any atom is 0.255 e. The third-order valence-corrected chi connectivity index (χ3v) is 2.77. The summed E-state index contributed by atoms with van der Waals surface area (Å²) in [5.41, 5.74) is 0. The van der Waals surface area contributed by atoms with Gasteiger partial charge in [0.15, 0.2) is 0 Å². The fraction of sp³-hybridized carbons (Fsp3) is 0.667. The van der Waals surface area contributed by atoms with Gasteiger partial charge >= 0.3 is 0 Å². The minimum Gasteiger partial charge on any atom is -0.369 e. The number of rotatable bonds is 5. The lowest BCUT2D eigenvalue weighted by Crippen LogP contribution is -2.27. The molecular formula is C9H15N3O2S. The van der Waals surface area contributed by atoms with E-state index in [1.54, 1.807) is 6.92 Å². The van der Waals surface area contributed by atoms with Gasteiger partial charge in [0.2, 0.25) is 5.13 Å². The highest BCUT2D eigenvalue weighted by atomic mass is 32.1. The highest BCUT2D eigenvalue weighted by Gasteiger charge is 2.14. The highest BCUT2D eigenvalue weighted by molar-refractivity contribution is 7.15. The van der Waals surface area contributed by atoms with E-state index in [1.165, 1.54) is 11.3 Å². The summed E-state index contributed by atoms with van der Waals surface area (Å²) in [6.07, 6.45) is 0.373. The van der Waals surface area contributed by atoms with Gasteiger partial charge in [-0.25, -0.2) is 0 Å². The van der Waals surface area contributed by atoms with Crippen molar-refractivity contribution in [3.63, 3.8) is 0 Å². The molecule has 0 saturated heterocycles. The van der Waals surface area contributed by atoms with Gasteiger partial charge in [0.05, 0.1) is 0 Å². The third kappa shape index (κ3) is 3.56. The van der Waals surface area contributed by atoms with Crippen LogP contribution in [0.15, 0.2) is 0 Å². The molecule has 1 atom stereocenters. The van der Waals surface area contributed by atoms with Crippen LogP contribution in [0.5, 0.6) is 0 Å². The molecule has 0 saturated carbocycles. The molecule has 1 unspecified atom stereocenters. The molecule has 6 heteroatoms. The fourth-order valence-electron chi connectivity index (χ4n) is 0.980. The van der Waals surface area contributed by atoms with Crippen molar-refractivity contribution in [2.24, 2.45) is 0 Å². The van der Waals surface area contributed by atoms with Crippen LogP contribution >= 0.6 is 11.3 Å². The van der Waals surface area contributed by atoms with E-state index < -0.39 is 6.10 Å². The van der Waals surface area contributed by atoms with E-state index >= 15 is 0 Å². The van der Waals surface area contributed by atoms with E-state index in [4.69, 9.17) is 4.74 Å². The van der Waals surface area contributed by atoms with Gasteiger partial charge in [-0.2, -0.15) is 0 Å². The Kier molecular flexibility index (Phi) is 4.64. The number of nitrogens with zero attached hydrogens (tertiary/aromatic N) is 2. The van der Waals surface area contributed by atoms with Gasteiger partial charge in [-0.1, -0.05) is 18.3 Å². The normalized spacial score (nSPS) is 12.5. The molecule has 1 N–H and O–H groups in total. The summed E-state index contributed by atoms with van der Waals surface area (Å²) in [6, 6.07) is 0. The van der Waals surface area contributed by atoms with Gasteiger partial charge in [-0.15, -0.1) is 10.2 Å². The minimum atomic E-state index is -0.455. The second kappa shape index (κ2) is 5.77. The average Bonchev–Trinajstić information content (AvgIpc) is 2.66. The van der Waals surface area contributed by atoms with Crippen LogP contribution in [-0.2, 0) is 16.0 Å². The topological polar surface area (TPSA) is 64.1 Å². The molecule has 1 aromatic heterocycles. The second-order valence-corrected chi connectivity index (χ2v) is 4.00.